The number of benzene rings is 2. The van der Waals surface area contributed by atoms with E-state index in [0.29, 0.717) is 5.75 Å². The third-order valence-corrected chi connectivity index (χ3v) is 3.68. The number of hydrogen-bond acceptors (Lipinski definition) is 4. The third-order valence-electron chi connectivity index (χ3n) is 3.68. The Bertz CT molecular complexity index is 739. The summed E-state index contributed by atoms with van der Waals surface area (Å²) in [4.78, 5) is 22.9. The summed E-state index contributed by atoms with van der Waals surface area (Å²) < 4.78 is 10.8. The molecule has 132 valence electrons. The van der Waals surface area contributed by atoms with Gasteiger partial charge in [0.05, 0.1) is 5.56 Å². The lowest BCUT2D eigenvalue weighted by Gasteiger charge is -2.20. The quantitative estimate of drug-likeness (QED) is 0.655. The van der Waals surface area contributed by atoms with Gasteiger partial charge in [-0.1, -0.05) is 32.9 Å². The van der Waals surface area contributed by atoms with Gasteiger partial charge >= 0.3 is 11.9 Å². The minimum absolute atomic E-state index is 0.0468. The van der Waals surface area contributed by atoms with Crippen molar-refractivity contribution in [2.75, 3.05) is 0 Å². The molecule has 1 atom stereocenters. The van der Waals surface area contributed by atoms with Crippen LogP contribution in [0.4, 0.5) is 0 Å². The molecule has 0 saturated heterocycles. The van der Waals surface area contributed by atoms with Crippen molar-refractivity contribution in [2.45, 2.75) is 39.2 Å². The molecule has 0 fully saturated rings. The van der Waals surface area contributed by atoms with Crippen LogP contribution in [0, 0.1) is 0 Å². The van der Waals surface area contributed by atoms with E-state index in [4.69, 9.17) is 14.6 Å². The second-order valence-corrected chi connectivity index (χ2v) is 6.79. The Hall–Kier alpha value is -2.82. The third kappa shape index (κ3) is 5.08. The SMILES string of the molecule is CC(Oc1ccc(C(C)(C)C)cc1)C(=O)Oc1ccc(C(=O)O)cc1. The van der Waals surface area contributed by atoms with Crippen molar-refractivity contribution < 1.29 is 24.2 Å². The van der Waals surface area contributed by atoms with Crippen LogP contribution in [-0.4, -0.2) is 23.1 Å². The Kier molecular flexibility index (Phi) is 5.47. The Labute approximate surface area is 147 Å². The van der Waals surface area contributed by atoms with Gasteiger partial charge in [0.2, 0.25) is 0 Å². The maximum Gasteiger partial charge on any atom is 0.352 e. The summed E-state index contributed by atoms with van der Waals surface area (Å²) in [6, 6.07) is 13.2. The number of carboxylic acids is 1. The molecule has 2 aromatic rings. The van der Waals surface area contributed by atoms with Gasteiger partial charge in [-0.3, -0.25) is 0 Å². The van der Waals surface area contributed by atoms with E-state index in [1.54, 1.807) is 6.92 Å². The van der Waals surface area contributed by atoms with E-state index in [2.05, 4.69) is 20.8 Å². The van der Waals surface area contributed by atoms with Gasteiger partial charge in [0.25, 0.3) is 0 Å². The first kappa shape index (κ1) is 18.5. The summed E-state index contributed by atoms with van der Waals surface area (Å²) in [6.07, 6.45) is -0.792. The Morgan fingerprint density at radius 1 is 0.920 bits per heavy atom. The molecule has 0 aromatic heterocycles. The largest absolute Gasteiger partial charge is 0.479 e. The van der Waals surface area contributed by atoms with E-state index in [1.807, 2.05) is 24.3 Å². The van der Waals surface area contributed by atoms with Crippen LogP contribution < -0.4 is 9.47 Å². The van der Waals surface area contributed by atoms with E-state index in [0.717, 1.165) is 0 Å². The lowest BCUT2D eigenvalue weighted by atomic mass is 9.87. The predicted molar refractivity (Wildman–Crippen MR) is 94.3 cm³/mol. The molecule has 1 unspecified atom stereocenters. The Morgan fingerprint density at radius 3 is 1.92 bits per heavy atom. The van der Waals surface area contributed by atoms with Gasteiger partial charge in [-0.25, -0.2) is 9.59 Å². The van der Waals surface area contributed by atoms with Gasteiger partial charge in [0.1, 0.15) is 11.5 Å². The fraction of sp³-hybridized carbons (Fsp3) is 0.300. The first-order chi connectivity index (χ1) is 11.7. The molecule has 0 radical (unpaired) electrons. The fourth-order valence-corrected chi connectivity index (χ4v) is 2.15. The van der Waals surface area contributed by atoms with Crippen LogP contribution in [-0.2, 0) is 10.2 Å². The number of carbonyl (C=O) groups excluding carboxylic acids is 1. The average molecular weight is 342 g/mol. The van der Waals surface area contributed by atoms with Gasteiger partial charge in [-0.05, 0) is 54.3 Å². The molecular weight excluding hydrogens is 320 g/mol. The zero-order valence-corrected chi connectivity index (χ0v) is 14.8. The van der Waals surface area contributed by atoms with Gasteiger partial charge < -0.3 is 14.6 Å². The minimum Gasteiger partial charge on any atom is -0.479 e. The standard InChI is InChI=1S/C20H22O5/c1-13(24-16-11-7-15(8-12-16)20(2,3)4)19(23)25-17-9-5-14(6-10-17)18(21)22/h5-13H,1-4H3,(H,21,22). The number of esters is 1. The summed E-state index contributed by atoms with van der Waals surface area (Å²) in [7, 11) is 0. The van der Waals surface area contributed by atoms with Crippen molar-refractivity contribution in [2.24, 2.45) is 0 Å². The highest BCUT2D eigenvalue weighted by atomic mass is 16.6. The van der Waals surface area contributed by atoms with Gasteiger partial charge in [0, 0.05) is 0 Å². The fourth-order valence-electron chi connectivity index (χ4n) is 2.15. The predicted octanol–water partition coefficient (Wildman–Crippen LogP) is 4.06. The molecule has 0 saturated carbocycles. The molecule has 0 bridgehead atoms. The maximum atomic E-state index is 12.1. The second-order valence-electron chi connectivity index (χ2n) is 6.79. The van der Waals surface area contributed by atoms with Crippen LogP contribution in [0.1, 0.15) is 43.6 Å². The Morgan fingerprint density at radius 2 is 1.44 bits per heavy atom. The van der Waals surface area contributed by atoms with E-state index in [1.165, 1.54) is 29.8 Å². The molecule has 25 heavy (non-hydrogen) atoms. The van der Waals surface area contributed by atoms with Crippen molar-refractivity contribution in [3.05, 3.63) is 59.7 Å². The monoisotopic (exact) mass is 342 g/mol. The highest BCUT2D eigenvalue weighted by molar-refractivity contribution is 5.87. The maximum absolute atomic E-state index is 12.1. The number of ether oxygens (including phenoxy) is 2. The second kappa shape index (κ2) is 7.38. The number of rotatable bonds is 5. The Balaban J connectivity index is 1.96. The van der Waals surface area contributed by atoms with Crippen molar-refractivity contribution in [3.63, 3.8) is 0 Å². The van der Waals surface area contributed by atoms with E-state index < -0.39 is 18.0 Å². The highest BCUT2D eigenvalue weighted by Crippen LogP contribution is 2.24. The molecule has 5 nitrogen and oxygen atoms in total. The van der Waals surface area contributed by atoms with E-state index >= 15 is 0 Å². The lowest BCUT2D eigenvalue weighted by Crippen LogP contribution is -2.28. The number of carboxylic acid groups (broad SMARTS) is 1. The molecule has 2 aromatic carbocycles. The number of aromatic carboxylic acids is 1. The summed E-state index contributed by atoms with van der Waals surface area (Å²) in [6.45, 7) is 7.97. The van der Waals surface area contributed by atoms with Crippen molar-refractivity contribution in [1.82, 2.24) is 0 Å². The van der Waals surface area contributed by atoms with Gasteiger partial charge in [-0.2, -0.15) is 0 Å². The zero-order valence-electron chi connectivity index (χ0n) is 14.8. The molecule has 1 N–H and O–H groups in total. The van der Waals surface area contributed by atoms with Crippen LogP contribution in [0.15, 0.2) is 48.5 Å². The first-order valence-corrected chi connectivity index (χ1v) is 7.99. The van der Waals surface area contributed by atoms with Crippen LogP contribution >= 0.6 is 0 Å². The lowest BCUT2D eigenvalue weighted by molar-refractivity contribution is -0.141. The zero-order chi connectivity index (χ0) is 18.6. The first-order valence-electron chi connectivity index (χ1n) is 7.99. The topological polar surface area (TPSA) is 72.8 Å². The van der Waals surface area contributed by atoms with Gasteiger partial charge in [-0.15, -0.1) is 0 Å². The molecule has 0 aliphatic carbocycles. The normalized spacial score (nSPS) is 12.3. The molecule has 0 aliphatic rings. The smallest absolute Gasteiger partial charge is 0.352 e. The molecule has 2 rings (SSSR count). The van der Waals surface area contributed by atoms with Gasteiger partial charge in [0.15, 0.2) is 6.10 Å². The highest BCUT2D eigenvalue weighted by Gasteiger charge is 2.18. The van der Waals surface area contributed by atoms with Crippen molar-refractivity contribution >= 4 is 11.9 Å². The molecule has 0 amide bonds. The molecular formula is C20H22O5. The van der Waals surface area contributed by atoms with Crippen LogP contribution in [0.2, 0.25) is 0 Å². The van der Waals surface area contributed by atoms with E-state index in [9.17, 15) is 9.59 Å². The molecule has 0 heterocycles. The van der Waals surface area contributed by atoms with Crippen LogP contribution in [0.25, 0.3) is 0 Å². The molecule has 5 heteroatoms. The molecule has 0 spiro atoms. The number of hydrogen-bond donors (Lipinski definition) is 1. The number of carbonyl (C=O) groups is 2. The average Bonchev–Trinajstić information content (AvgIpc) is 2.55. The van der Waals surface area contributed by atoms with Crippen molar-refractivity contribution in [3.8, 4) is 11.5 Å². The van der Waals surface area contributed by atoms with Crippen LogP contribution in [0.5, 0.6) is 11.5 Å². The summed E-state index contributed by atoms with van der Waals surface area (Å²) in [5.41, 5.74) is 1.35. The van der Waals surface area contributed by atoms with E-state index in [-0.39, 0.29) is 16.7 Å². The molecule has 0 aliphatic heterocycles. The van der Waals surface area contributed by atoms with Crippen LogP contribution in [0.3, 0.4) is 0 Å². The summed E-state index contributed by atoms with van der Waals surface area (Å²) in [5.74, 6) is -0.733. The summed E-state index contributed by atoms with van der Waals surface area (Å²) in [5, 5.41) is 8.85. The minimum atomic E-state index is -1.03. The summed E-state index contributed by atoms with van der Waals surface area (Å²) >= 11 is 0. The van der Waals surface area contributed by atoms with Crippen molar-refractivity contribution in [1.29, 1.82) is 0 Å².